The predicted molar refractivity (Wildman–Crippen MR) is 85.1 cm³/mol. The predicted octanol–water partition coefficient (Wildman–Crippen LogP) is 1.13. The van der Waals surface area contributed by atoms with Gasteiger partial charge in [-0.2, -0.15) is 0 Å². The van der Waals surface area contributed by atoms with E-state index < -0.39 is 18.6 Å². The molecule has 0 aliphatic carbocycles. The Labute approximate surface area is 137 Å². The maximum Gasteiger partial charge on any atom is 0.339 e. The molecule has 2 unspecified atom stereocenters. The van der Waals surface area contributed by atoms with Gasteiger partial charge in [-0.3, -0.25) is 4.74 Å². The molecule has 0 radical (unpaired) electrons. The lowest BCUT2D eigenvalue weighted by Crippen LogP contribution is -2.54. The average molecular weight is 340 g/mol. The first-order valence-corrected chi connectivity index (χ1v) is 8.68. The van der Waals surface area contributed by atoms with Crippen LogP contribution in [0.5, 0.6) is 0 Å². The van der Waals surface area contributed by atoms with Crippen molar-refractivity contribution in [3.05, 3.63) is 0 Å². The zero-order valence-electron chi connectivity index (χ0n) is 14.9. The fourth-order valence-electron chi connectivity index (χ4n) is 1.84. The van der Waals surface area contributed by atoms with Crippen molar-refractivity contribution in [3.63, 3.8) is 0 Å². The quantitative estimate of drug-likeness (QED) is 0.347. The summed E-state index contributed by atoms with van der Waals surface area (Å²) in [6, 6.07) is 0. The van der Waals surface area contributed by atoms with Crippen molar-refractivity contribution in [1.82, 2.24) is 0 Å². The van der Waals surface area contributed by atoms with Gasteiger partial charge in [-0.1, -0.05) is 0 Å². The van der Waals surface area contributed by atoms with Crippen LogP contribution in [0.25, 0.3) is 0 Å². The van der Waals surface area contributed by atoms with Crippen LogP contribution in [0, 0.1) is 0 Å². The van der Waals surface area contributed by atoms with Gasteiger partial charge in [0.05, 0.1) is 0 Å². The van der Waals surface area contributed by atoms with Crippen molar-refractivity contribution < 1.29 is 32.8 Å². The molecule has 0 aromatic heterocycles. The third kappa shape index (κ3) is 7.47. The van der Waals surface area contributed by atoms with Crippen LogP contribution in [0.1, 0.15) is 41.5 Å². The Balaban J connectivity index is 5.16. The Morgan fingerprint density at radius 2 is 1.32 bits per heavy atom. The Kier molecular flexibility index (Phi) is 12.3. The highest BCUT2D eigenvalue weighted by Gasteiger charge is 2.46. The summed E-state index contributed by atoms with van der Waals surface area (Å²) in [7, 11) is 0.580. The summed E-state index contributed by atoms with van der Waals surface area (Å²) in [6.07, 6.45) is -1.80. The van der Waals surface area contributed by atoms with E-state index in [4.69, 9.17) is 32.8 Å². The zero-order chi connectivity index (χ0) is 17.0. The minimum absolute atomic E-state index is 0.361. The minimum Gasteiger partial charge on any atom is -0.404 e. The molecule has 0 heterocycles. The second kappa shape index (κ2) is 12.4. The molecule has 0 fully saturated rings. The van der Waals surface area contributed by atoms with E-state index in [1.165, 1.54) is 0 Å². The molecule has 7 nitrogen and oxygen atoms in total. The standard InChI is InChI=1S/C14H32O7Si/c1-7-15-13(16-8-2)14(17-9-3,18-10-4)20-11(5)19-12(6)21-22/h11-13H,7-10H2,1-6,22H3. The van der Waals surface area contributed by atoms with Gasteiger partial charge in [-0.15, -0.1) is 0 Å². The van der Waals surface area contributed by atoms with Gasteiger partial charge in [0.2, 0.25) is 6.29 Å². The van der Waals surface area contributed by atoms with Crippen molar-refractivity contribution in [1.29, 1.82) is 0 Å². The van der Waals surface area contributed by atoms with Crippen molar-refractivity contribution >= 4 is 10.5 Å². The summed E-state index contributed by atoms with van der Waals surface area (Å²) in [5.74, 6) is -1.49. The lowest BCUT2D eigenvalue weighted by atomic mass is 10.4. The maximum atomic E-state index is 5.88. The SMILES string of the molecule is CCOC(OCC)C(OCC)(OCC)OC(C)OC(C)O[SiH3]. The molecule has 0 aliphatic rings. The highest BCUT2D eigenvalue weighted by atomic mass is 28.2. The lowest BCUT2D eigenvalue weighted by Gasteiger charge is -2.39. The van der Waals surface area contributed by atoms with Crippen LogP contribution in [0.15, 0.2) is 0 Å². The van der Waals surface area contributed by atoms with E-state index in [2.05, 4.69) is 0 Å². The molecule has 0 aliphatic heterocycles. The molecule has 22 heavy (non-hydrogen) atoms. The van der Waals surface area contributed by atoms with Gasteiger partial charge in [0.1, 0.15) is 16.8 Å². The van der Waals surface area contributed by atoms with Gasteiger partial charge >= 0.3 is 5.97 Å². The molecule has 0 amide bonds. The van der Waals surface area contributed by atoms with Crippen molar-refractivity contribution in [2.24, 2.45) is 0 Å². The van der Waals surface area contributed by atoms with E-state index in [9.17, 15) is 0 Å². The molecule has 0 spiro atoms. The summed E-state index contributed by atoms with van der Waals surface area (Å²) >= 11 is 0. The van der Waals surface area contributed by atoms with Crippen LogP contribution >= 0.6 is 0 Å². The van der Waals surface area contributed by atoms with Gasteiger partial charge < -0.3 is 28.1 Å². The minimum atomic E-state index is -1.49. The molecule has 8 heteroatoms. The third-order valence-electron chi connectivity index (χ3n) is 2.66. The topological polar surface area (TPSA) is 64.6 Å². The van der Waals surface area contributed by atoms with E-state index >= 15 is 0 Å². The lowest BCUT2D eigenvalue weighted by molar-refractivity contribution is -0.481. The van der Waals surface area contributed by atoms with Gasteiger partial charge in [-0.05, 0) is 41.5 Å². The maximum absolute atomic E-state index is 5.88. The molecule has 0 saturated heterocycles. The van der Waals surface area contributed by atoms with Crippen LogP contribution in [0.2, 0.25) is 0 Å². The summed E-state index contributed by atoms with van der Waals surface area (Å²) in [6.45, 7) is 12.6. The molecule has 0 N–H and O–H groups in total. The number of rotatable bonds is 14. The first-order chi connectivity index (χ1) is 10.5. The largest absolute Gasteiger partial charge is 0.404 e. The van der Waals surface area contributed by atoms with Gasteiger partial charge in [0, 0.05) is 26.4 Å². The van der Waals surface area contributed by atoms with Crippen LogP contribution < -0.4 is 0 Å². The smallest absolute Gasteiger partial charge is 0.339 e. The molecule has 0 aromatic rings. The van der Waals surface area contributed by atoms with Gasteiger partial charge in [0.25, 0.3) is 0 Å². The number of hydrogen-bond donors (Lipinski definition) is 0. The van der Waals surface area contributed by atoms with E-state index in [0.717, 1.165) is 0 Å². The van der Waals surface area contributed by atoms with Crippen molar-refractivity contribution in [2.75, 3.05) is 26.4 Å². The first kappa shape index (κ1) is 21.9. The second-order valence-electron chi connectivity index (χ2n) is 4.34. The Hall–Kier alpha value is -0.0631. The van der Waals surface area contributed by atoms with E-state index in [0.29, 0.717) is 36.9 Å². The summed E-state index contributed by atoms with van der Waals surface area (Å²) in [4.78, 5) is 0. The number of ether oxygens (including phenoxy) is 6. The van der Waals surface area contributed by atoms with Crippen LogP contribution in [-0.2, 0) is 32.8 Å². The Morgan fingerprint density at radius 3 is 1.68 bits per heavy atom. The van der Waals surface area contributed by atoms with E-state index in [1.807, 2.05) is 27.7 Å². The van der Waals surface area contributed by atoms with E-state index in [1.54, 1.807) is 13.8 Å². The molecule has 0 rings (SSSR count). The van der Waals surface area contributed by atoms with Gasteiger partial charge in [0.15, 0.2) is 6.29 Å². The first-order valence-electron chi connectivity index (χ1n) is 7.86. The molecule has 0 saturated carbocycles. The third-order valence-corrected chi connectivity index (χ3v) is 3.33. The zero-order valence-corrected chi connectivity index (χ0v) is 16.9. The van der Waals surface area contributed by atoms with Crippen molar-refractivity contribution in [2.45, 2.75) is 66.4 Å². The number of hydrogen-bond acceptors (Lipinski definition) is 7. The molecular weight excluding hydrogens is 308 g/mol. The monoisotopic (exact) mass is 340 g/mol. The normalized spacial score (nSPS) is 15.4. The fraction of sp³-hybridized carbons (Fsp3) is 1.00. The van der Waals surface area contributed by atoms with Crippen LogP contribution in [0.3, 0.4) is 0 Å². The second-order valence-corrected chi connectivity index (χ2v) is 4.81. The summed E-state index contributed by atoms with van der Waals surface area (Å²) in [5, 5.41) is 0. The Bertz CT molecular complexity index is 256. The molecule has 0 bridgehead atoms. The molecule has 0 aromatic carbocycles. The van der Waals surface area contributed by atoms with E-state index in [-0.39, 0.29) is 6.29 Å². The fourth-order valence-corrected chi connectivity index (χ4v) is 1.95. The Morgan fingerprint density at radius 1 is 0.818 bits per heavy atom. The highest BCUT2D eigenvalue weighted by molar-refractivity contribution is 5.98. The molecule has 2 atom stereocenters. The van der Waals surface area contributed by atoms with Crippen LogP contribution in [-0.4, -0.2) is 61.8 Å². The van der Waals surface area contributed by atoms with Gasteiger partial charge in [-0.25, -0.2) is 0 Å². The molecule has 134 valence electrons. The summed E-state index contributed by atoms with van der Waals surface area (Å²) in [5.41, 5.74) is 0. The average Bonchev–Trinajstić information content (AvgIpc) is 2.47. The van der Waals surface area contributed by atoms with Crippen molar-refractivity contribution in [3.8, 4) is 0 Å². The van der Waals surface area contributed by atoms with Crippen LogP contribution in [0.4, 0.5) is 0 Å². The highest BCUT2D eigenvalue weighted by Crippen LogP contribution is 2.27. The molecular formula is C14H32O7Si. The summed E-state index contributed by atoms with van der Waals surface area (Å²) < 4.78 is 39.3.